The molecule has 0 heterocycles. The van der Waals surface area contributed by atoms with Crippen molar-refractivity contribution in [1.82, 2.24) is 0 Å². The number of anilines is 3. The van der Waals surface area contributed by atoms with Crippen LogP contribution in [0.15, 0.2) is 94.7 Å². The molecule has 0 aliphatic rings. The zero-order valence-electron chi connectivity index (χ0n) is 23.6. The van der Waals surface area contributed by atoms with Gasteiger partial charge in [-0.3, -0.25) is 23.9 Å². The number of nitro groups is 1. The number of halogens is 1. The van der Waals surface area contributed by atoms with Gasteiger partial charge in [-0.25, -0.2) is 16.8 Å². The number of amides is 1. The number of hydrogen-bond donors (Lipinski definition) is 2. The van der Waals surface area contributed by atoms with Gasteiger partial charge in [-0.15, -0.1) is 0 Å². The van der Waals surface area contributed by atoms with E-state index in [1.165, 1.54) is 68.6 Å². The second-order valence-corrected chi connectivity index (χ2v) is 13.5. The lowest BCUT2D eigenvalue weighted by atomic mass is 10.2. The largest absolute Gasteiger partial charge is 0.495 e. The minimum absolute atomic E-state index is 0.0624. The molecule has 1 amide bonds. The molecule has 0 spiro atoms. The highest BCUT2D eigenvalue weighted by atomic mass is 35.5. The minimum atomic E-state index is -4.58. The summed E-state index contributed by atoms with van der Waals surface area (Å²) in [6, 6.07) is 19.7. The molecule has 230 valence electrons. The number of nitrogens with one attached hydrogen (secondary N) is 2. The number of rotatable bonds is 11. The average Bonchev–Trinajstić information content (AvgIpc) is 2.97. The van der Waals surface area contributed by atoms with Crippen molar-refractivity contribution in [3.05, 3.63) is 111 Å². The molecule has 0 aliphatic carbocycles. The average molecular weight is 659 g/mol. The number of para-hydroxylation sites is 1. The van der Waals surface area contributed by atoms with Gasteiger partial charge in [0, 0.05) is 22.3 Å². The number of methoxy groups -OCH3 is 1. The predicted molar refractivity (Wildman–Crippen MR) is 167 cm³/mol. The van der Waals surface area contributed by atoms with Crippen LogP contribution >= 0.6 is 11.6 Å². The van der Waals surface area contributed by atoms with Gasteiger partial charge < -0.3 is 10.1 Å². The fourth-order valence-electron chi connectivity index (χ4n) is 4.17. The SMILES string of the molecule is COc1ccc(Cl)cc1N(CC(=O)Nc1ccc(S(=O)(=O)Nc2ccccc2C)cc1)S(=O)(=O)c1ccc(C)c([N+](=O)[O-])c1. The Kier molecular flexibility index (Phi) is 9.47. The Labute approximate surface area is 259 Å². The maximum absolute atomic E-state index is 13.9. The quantitative estimate of drug-likeness (QED) is 0.157. The van der Waals surface area contributed by atoms with Crippen LogP contribution in [0.5, 0.6) is 5.75 Å². The van der Waals surface area contributed by atoms with Gasteiger partial charge in [-0.1, -0.05) is 35.9 Å². The van der Waals surface area contributed by atoms with Crippen LogP contribution in [0.25, 0.3) is 0 Å². The van der Waals surface area contributed by atoms with E-state index in [-0.39, 0.29) is 32.6 Å². The van der Waals surface area contributed by atoms with Crippen molar-refractivity contribution in [1.29, 1.82) is 0 Å². The number of ether oxygens (including phenoxy) is 1. The summed E-state index contributed by atoms with van der Waals surface area (Å²) >= 11 is 6.16. The molecule has 0 saturated carbocycles. The maximum atomic E-state index is 13.9. The standard InChI is InChI=1S/C29H27ClN4O8S2/c1-19-6-4-5-7-25(19)32-43(38,39)23-13-10-22(11-14-23)31-29(35)18-33(27-16-21(30)9-15-28(27)42-3)44(40,41)24-12-8-20(2)26(17-24)34(36)37/h4-17,32H,18H2,1-3H3,(H,31,35). The van der Waals surface area contributed by atoms with Gasteiger partial charge in [0.05, 0.1) is 33.2 Å². The molecule has 0 saturated heterocycles. The number of nitro benzene ring substituents is 1. The van der Waals surface area contributed by atoms with E-state index in [4.69, 9.17) is 16.3 Å². The van der Waals surface area contributed by atoms with Gasteiger partial charge >= 0.3 is 0 Å². The van der Waals surface area contributed by atoms with Crippen molar-refractivity contribution < 1.29 is 31.3 Å². The highest BCUT2D eigenvalue weighted by Crippen LogP contribution is 2.36. The van der Waals surface area contributed by atoms with Gasteiger partial charge in [0.1, 0.15) is 12.3 Å². The van der Waals surface area contributed by atoms with E-state index in [9.17, 15) is 31.7 Å². The first-order chi connectivity index (χ1) is 20.7. The van der Waals surface area contributed by atoms with Crippen molar-refractivity contribution >= 4 is 60.3 Å². The molecule has 4 rings (SSSR count). The molecule has 0 aromatic heterocycles. The molecule has 0 aliphatic heterocycles. The highest BCUT2D eigenvalue weighted by molar-refractivity contribution is 7.93. The van der Waals surface area contributed by atoms with Crippen LogP contribution < -0.4 is 19.1 Å². The van der Waals surface area contributed by atoms with E-state index in [2.05, 4.69) is 10.0 Å². The Bertz CT molecular complexity index is 1950. The van der Waals surface area contributed by atoms with E-state index in [0.29, 0.717) is 5.69 Å². The maximum Gasteiger partial charge on any atom is 0.273 e. The van der Waals surface area contributed by atoms with Crippen LogP contribution in [0.3, 0.4) is 0 Å². The number of hydrogen-bond acceptors (Lipinski definition) is 8. The number of carbonyl (C=O) groups is 1. The molecular weight excluding hydrogens is 632 g/mol. The first-order valence-corrected chi connectivity index (χ1v) is 16.1. The molecule has 0 fully saturated rings. The number of aryl methyl sites for hydroxylation is 2. The van der Waals surface area contributed by atoms with E-state index in [0.717, 1.165) is 15.9 Å². The Morgan fingerprint density at radius 1 is 0.909 bits per heavy atom. The third-order valence-electron chi connectivity index (χ3n) is 6.50. The van der Waals surface area contributed by atoms with Gasteiger partial charge in [0.25, 0.3) is 25.7 Å². The van der Waals surface area contributed by atoms with E-state index in [1.54, 1.807) is 31.2 Å². The van der Waals surface area contributed by atoms with Crippen molar-refractivity contribution in [2.75, 3.05) is 28.0 Å². The topological polar surface area (TPSA) is 165 Å². The lowest BCUT2D eigenvalue weighted by Crippen LogP contribution is -2.38. The van der Waals surface area contributed by atoms with Crippen molar-refractivity contribution in [2.45, 2.75) is 23.6 Å². The van der Waals surface area contributed by atoms with Crippen molar-refractivity contribution in [3.63, 3.8) is 0 Å². The van der Waals surface area contributed by atoms with Gasteiger partial charge in [0.15, 0.2) is 0 Å². The van der Waals surface area contributed by atoms with Crippen LogP contribution in [0.4, 0.5) is 22.7 Å². The molecule has 0 atom stereocenters. The smallest absolute Gasteiger partial charge is 0.273 e. The molecule has 4 aromatic rings. The second-order valence-electron chi connectivity index (χ2n) is 9.53. The normalized spacial score (nSPS) is 11.5. The Morgan fingerprint density at radius 3 is 2.20 bits per heavy atom. The summed E-state index contributed by atoms with van der Waals surface area (Å²) in [5, 5.41) is 14.2. The molecule has 2 N–H and O–H groups in total. The molecule has 0 radical (unpaired) electrons. The molecule has 0 unspecified atom stereocenters. The Balaban J connectivity index is 1.63. The van der Waals surface area contributed by atoms with Gasteiger partial charge in [-0.2, -0.15) is 0 Å². The van der Waals surface area contributed by atoms with Crippen LogP contribution in [-0.4, -0.2) is 41.3 Å². The van der Waals surface area contributed by atoms with E-state index >= 15 is 0 Å². The first kappa shape index (κ1) is 32.3. The third kappa shape index (κ3) is 7.10. The fourth-order valence-corrected chi connectivity index (χ4v) is 6.91. The zero-order valence-corrected chi connectivity index (χ0v) is 26.0. The van der Waals surface area contributed by atoms with Gasteiger partial charge in [0.2, 0.25) is 5.91 Å². The summed E-state index contributed by atoms with van der Waals surface area (Å²) in [4.78, 5) is 23.5. The first-order valence-electron chi connectivity index (χ1n) is 12.8. The number of carbonyl (C=O) groups excluding carboxylic acids is 1. The number of benzene rings is 4. The summed E-state index contributed by atoms with van der Waals surface area (Å²) < 4.78 is 62.0. The summed E-state index contributed by atoms with van der Waals surface area (Å²) in [6.45, 7) is 2.45. The molecule has 44 heavy (non-hydrogen) atoms. The summed E-state index contributed by atoms with van der Waals surface area (Å²) in [5.41, 5.74) is 1.09. The summed E-state index contributed by atoms with van der Waals surface area (Å²) in [7, 11) is -7.21. The van der Waals surface area contributed by atoms with E-state index in [1.807, 2.05) is 0 Å². The summed E-state index contributed by atoms with van der Waals surface area (Å²) in [5.74, 6) is -0.728. The summed E-state index contributed by atoms with van der Waals surface area (Å²) in [6.07, 6.45) is 0. The lowest BCUT2D eigenvalue weighted by Gasteiger charge is -2.26. The lowest BCUT2D eigenvalue weighted by molar-refractivity contribution is -0.385. The van der Waals surface area contributed by atoms with Crippen LogP contribution in [0, 0.1) is 24.0 Å². The van der Waals surface area contributed by atoms with Crippen LogP contribution in [0.1, 0.15) is 11.1 Å². The van der Waals surface area contributed by atoms with Crippen molar-refractivity contribution in [2.24, 2.45) is 0 Å². The Hall–Kier alpha value is -4.66. The van der Waals surface area contributed by atoms with E-state index < -0.39 is 48.0 Å². The third-order valence-corrected chi connectivity index (χ3v) is 9.87. The fraction of sp³-hybridized carbons (Fsp3) is 0.138. The minimum Gasteiger partial charge on any atom is -0.495 e. The number of sulfonamides is 2. The molecule has 0 bridgehead atoms. The molecular formula is C29H27ClN4O8S2. The monoisotopic (exact) mass is 658 g/mol. The van der Waals surface area contributed by atoms with Crippen LogP contribution in [0.2, 0.25) is 5.02 Å². The zero-order chi connectivity index (χ0) is 32.2. The van der Waals surface area contributed by atoms with Crippen molar-refractivity contribution in [3.8, 4) is 5.75 Å². The molecule has 4 aromatic carbocycles. The molecule has 15 heteroatoms. The second kappa shape index (κ2) is 12.9. The highest BCUT2D eigenvalue weighted by Gasteiger charge is 2.31. The van der Waals surface area contributed by atoms with Gasteiger partial charge in [-0.05, 0) is 74.0 Å². The predicted octanol–water partition coefficient (Wildman–Crippen LogP) is 5.51. The molecule has 12 nitrogen and oxygen atoms in total. The van der Waals surface area contributed by atoms with Crippen LogP contribution in [-0.2, 0) is 24.8 Å². The number of nitrogens with zero attached hydrogens (tertiary/aromatic N) is 2. The Morgan fingerprint density at radius 2 is 1.57 bits per heavy atom.